The van der Waals surface area contributed by atoms with Crippen LogP contribution in [0.3, 0.4) is 0 Å². The maximum Gasteiger partial charge on any atom is 0.251 e. The molecule has 0 radical (unpaired) electrons. The Kier molecular flexibility index (Phi) is 6.80. The van der Waals surface area contributed by atoms with Crippen LogP contribution >= 0.6 is 11.6 Å². The van der Waals surface area contributed by atoms with E-state index in [1.165, 1.54) is 18.2 Å². The van der Waals surface area contributed by atoms with Gasteiger partial charge in [-0.1, -0.05) is 31.4 Å². The minimum Gasteiger partial charge on any atom is -0.506 e. The minimum atomic E-state index is -0.726. The SMILES string of the molecule is CC1(C[C@H](NC(=O)c2ccc(O)c(Cl)c2)C(=O)NCC2COCC2=O)CCCC1. The standard InChI is InChI=1S/C21H27ClN2O5/c1-21(6-2-3-7-21)9-16(20(28)23-10-14-11-29-12-18(14)26)24-19(27)13-4-5-17(25)15(22)8-13/h4-5,8,14,16,25H,2-3,6-7,9-12H2,1H3,(H,23,28)(H,24,27)/t14?,16-/m0/s1. The van der Waals surface area contributed by atoms with E-state index in [-0.39, 0.29) is 52.5 Å². The predicted molar refractivity (Wildman–Crippen MR) is 108 cm³/mol. The van der Waals surface area contributed by atoms with Gasteiger partial charge in [-0.05, 0) is 42.9 Å². The molecule has 0 aromatic heterocycles. The van der Waals surface area contributed by atoms with E-state index < -0.39 is 11.9 Å². The predicted octanol–water partition coefficient (Wildman–Crippen LogP) is 2.45. The number of nitrogens with one attached hydrogen (secondary N) is 2. The van der Waals surface area contributed by atoms with Crippen molar-refractivity contribution in [2.75, 3.05) is 19.8 Å². The molecule has 1 saturated heterocycles. The summed E-state index contributed by atoms with van der Waals surface area (Å²) in [4.78, 5) is 37.3. The number of carbonyl (C=O) groups is 3. The molecule has 1 saturated carbocycles. The summed E-state index contributed by atoms with van der Waals surface area (Å²) < 4.78 is 5.13. The molecule has 2 atom stereocenters. The van der Waals surface area contributed by atoms with Gasteiger partial charge in [0.15, 0.2) is 5.78 Å². The molecule has 8 heteroatoms. The maximum atomic E-state index is 12.9. The highest BCUT2D eigenvalue weighted by atomic mass is 35.5. The molecule has 1 unspecified atom stereocenters. The van der Waals surface area contributed by atoms with Crippen molar-refractivity contribution in [3.63, 3.8) is 0 Å². The Morgan fingerprint density at radius 3 is 2.69 bits per heavy atom. The van der Waals surface area contributed by atoms with E-state index >= 15 is 0 Å². The van der Waals surface area contributed by atoms with Crippen molar-refractivity contribution >= 4 is 29.2 Å². The van der Waals surface area contributed by atoms with Crippen LogP contribution in [-0.2, 0) is 14.3 Å². The monoisotopic (exact) mass is 422 g/mol. The third-order valence-electron chi connectivity index (χ3n) is 5.88. The zero-order chi connectivity index (χ0) is 21.0. The van der Waals surface area contributed by atoms with Crippen molar-refractivity contribution in [3.8, 4) is 5.75 Å². The van der Waals surface area contributed by atoms with Gasteiger partial charge in [0.1, 0.15) is 18.4 Å². The number of Topliss-reactive ketones (excluding diaryl/α,β-unsaturated/α-hetero) is 1. The fourth-order valence-corrected chi connectivity index (χ4v) is 4.24. The smallest absolute Gasteiger partial charge is 0.251 e. The molecule has 1 aromatic rings. The highest BCUT2D eigenvalue weighted by molar-refractivity contribution is 6.32. The molecule has 0 spiro atoms. The molecule has 3 rings (SSSR count). The normalized spacial score (nSPS) is 21.7. The largest absolute Gasteiger partial charge is 0.506 e. The summed E-state index contributed by atoms with van der Waals surface area (Å²) in [5.74, 6) is -1.22. The van der Waals surface area contributed by atoms with Crippen LogP contribution in [0.25, 0.3) is 0 Å². The Morgan fingerprint density at radius 2 is 2.07 bits per heavy atom. The van der Waals surface area contributed by atoms with Crippen LogP contribution in [0.4, 0.5) is 0 Å². The first-order valence-electron chi connectivity index (χ1n) is 9.95. The molecule has 2 amide bonds. The van der Waals surface area contributed by atoms with Gasteiger partial charge < -0.3 is 20.5 Å². The van der Waals surface area contributed by atoms with E-state index in [4.69, 9.17) is 16.3 Å². The maximum absolute atomic E-state index is 12.9. The molecular formula is C21H27ClN2O5. The summed E-state index contributed by atoms with van der Waals surface area (Å²) >= 11 is 5.90. The van der Waals surface area contributed by atoms with Gasteiger partial charge in [-0.25, -0.2) is 0 Å². The van der Waals surface area contributed by atoms with Gasteiger partial charge in [0, 0.05) is 12.1 Å². The van der Waals surface area contributed by atoms with Crippen LogP contribution < -0.4 is 10.6 Å². The Morgan fingerprint density at radius 1 is 1.34 bits per heavy atom. The average molecular weight is 423 g/mol. The van der Waals surface area contributed by atoms with Crippen molar-refractivity contribution in [1.82, 2.24) is 10.6 Å². The van der Waals surface area contributed by atoms with E-state index in [1.54, 1.807) is 0 Å². The van der Waals surface area contributed by atoms with Crippen LogP contribution in [0.15, 0.2) is 18.2 Å². The lowest BCUT2D eigenvalue weighted by atomic mass is 9.81. The number of amides is 2. The summed E-state index contributed by atoms with van der Waals surface area (Å²) in [6, 6.07) is 3.44. The number of carbonyl (C=O) groups excluding carboxylic acids is 3. The van der Waals surface area contributed by atoms with Gasteiger partial charge >= 0.3 is 0 Å². The highest BCUT2D eigenvalue weighted by Gasteiger charge is 2.35. The molecular weight excluding hydrogens is 396 g/mol. The number of aromatic hydroxyl groups is 1. The number of halogens is 1. The number of ketones is 1. The molecule has 29 heavy (non-hydrogen) atoms. The number of hydrogen-bond donors (Lipinski definition) is 3. The van der Waals surface area contributed by atoms with E-state index in [0.29, 0.717) is 13.0 Å². The van der Waals surface area contributed by atoms with Gasteiger partial charge in [-0.2, -0.15) is 0 Å². The number of rotatable bonds is 7. The number of ether oxygens (including phenoxy) is 1. The van der Waals surface area contributed by atoms with Crippen molar-refractivity contribution < 1.29 is 24.2 Å². The van der Waals surface area contributed by atoms with E-state index in [2.05, 4.69) is 17.6 Å². The second-order valence-corrected chi connectivity index (χ2v) is 8.74. The lowest BCUT2D eigenvalue weighted by molar-refractivity contribution is -0.124. The van der Waals surface area contributed by atoms with Gasteiger partial charge in [0.05, 0.1) is 17.5 Å². The zero-order valence-electron chi connectivity index (χ0n) is 16.5. The van der Waals surface area contributed by atoms with Crippen LogP contribution in [-0.4, -0.2) is 48.5 Å². The average Bonchev–Trinajstić information content (AvgIpc) is 3.29. The number of phenolic OH excluding ortho intramolecular Hbond substituents is 1. The van der Waals surface area contributed by atoms with Gasteiger partial charge in [-0.3, -0.25) is 14.4 Å². The van der Waals surface area contributed by atoms with Gasteiger partial charge in [0.25, 0.3) is 5.91 Å². The first kappa shape index (κ1) is 21.6. The van der Waals surface area contributed by atoms with Crippen LogP contribution in [0.1, 0.15) is 49.4 Å². The molecule has 2 fully saturated rings. The summed E-state index contributed by atoms with van der Waals surface area (Å²) in [5.41, 5.74) is 0.246. The molecule has 1 aliphatic carbocycles. The fourth-order valence-electron chi connectivity index (χ4n) is 4.06. The van der Waals surface area contributed by atoms with E-state index in [1.807, 2.05) is 0 Å². The molecule has 0 bridgehead atoms. The van der Waals surface area contributed by atoms with Gasteiger partial charge in [0.2, 0.25) is 5.91 Å². The summed E-state index contributed by atoms with van der Waals surface area (Å²) in [5, 5.41) is 15.2. The van der Waals surface area contributed by atoms with Crippen LogP contribution in [0, 0.1) is 11.3 Å². The molecule has 1 heterocycles. The quantitative estimate of drug-likeness (QED) is 0.626. The Labute approximate surface area is 175 Å². The summed E-state index contributed by atoms with van der Waals surface area (Å²) in [6.07, 6.45) is 4.76. The first-order valence-corrected chi connectivity index (χ1v) is 10.3. The molecule has 3 N–H and O–H groups in total. The molecule has 2 aliphatic rings. The fraction of sp³-hybridized carbons (Fsp3) is 0.571. The highest BCUT2D eigenvalue weighted by Crippen LogP contribution is 2.41. The minimum absolute atomic E-state index is 0.0197. The molecule has 1 aliphatic heterocycles. The lowest BCUT2D eigenvalue weighted by Gasteiger charge is -2.29. The summed E-state index contributed by atoms with van der Waals surface area (Å²) in [6.45, 7) is 2.73. The van der Waals surface area contributed by atoms with Crippen molar-refractivity contribution in [2.45, 2.75) is 45.1 Å². The second-order valence-electron chi connectivity index (χ2n) is 8.34. The molecule has 1 aromatic carbocycles. The summed E-state index contributed by atoms with van der Waals surface area (Å²) in [7, 11) is 0. The number of hydrogen-bond acceptors (Lipinski definition) is 5. The lowest BCUT2D eigenvalue weighted by Crippen LogP contribution is -2.50. The van der Waals surface area contributed by atoms with Gasteiger partial charge in [-0.15, -0.1) is 0 Å². The molecule has 7 nitrogen and oxygen atoms in total. The second kappa shape index (κ2) is 9.13. The van der Waals surface area contributed by atoms with Crippen molar-refractivity contribution in [1.29, 1.82) is 0 Å². The Balaban J connectivity index is 1.69. The zero-order valence-corrected chi connectivity index (χ0v) is 17.3. The Bertz CT molecular complexity index is 791. The number of phenols is 1. The van der Waals surface area contributed by atoms with Crippen molar-refractivity contribution in [3.05, 3.63) is 28.8 Å². The Hall–Kier alpha value is -2.12. The van der Waals surface area contributed by atoms with Crippen LogP contribution in [0.2, 0.25) is 5.02 Å². The van der Waals surface area contributed by atoms with Crippen LogP contribution in [0.5, 0.6) is 5.75 Å². The topological polar surface area (TPSA) is 105 Å². The van der Waals surface area contributed by atoms with E-state index in [0.717, 1.165) is 25.7 Å². The third kappa shape index (κ3) is 5.48. The third-order valence-corrected chi connectivity index (χ3v) is 6.18. The van der Waals surface area contributed by atoms with E-state index in [9.17, 15) is 19.5 Å². The number of benzene rings is 1. The van der Waals surface area contributed by atoms with Crippen molar-refractivity contribution in [2.24, 2.45) is 11.3 Å². The molecule has 158 valence electrons. The first-order chi connectivity index (χ1) is 13.8.